The summed E-state index contributed by atoms with van der Waals surface area (Å²) in [5, 5.41) is 3.93. The van der Waals surface area contributed by atoms with Crippen molar-refractivity contribution in [2.45, 2.75) is 59.0 Å². The zero-order chi connectivity index (χ0) is 22.1. The largest absolute Gasteiger partial charge is 0.354 e. The average Bonchev–Trinajstić information content (AvgIpc) is 2.71. The number of rotatable bonds is 10. The van der Waals surface area contributed by atoms with Crippen molar-refractivity contribution in [2.24, 2.45) is 0 Å². The van der Waals surface area contributed by atoms with E-state index >= 15 is 0 Å². The number of halogens is 2. The Morgan fingerprint density at radius 3 is 2.30 bits per heavy atom. The van der Waals surface area contributed by atoms with Crippen LogP contribution in [0.2, 0.25) is 10.0 Å². The summed E-state index contributed by atoms with van der Waals surface area (Å²) in [6.07, 6.45) is 2.60. The first-order chi connectivity index (χ1) is 14.4. The van der Waals surface area contributed by atoms with Crippen molar-refractivity contribution in [3.05, 3.63) is 69.2 Å². The van der Waals surface area contributed by atoms with Crippen molar-refractivity contribution in [3.8, 4) is 0 Å². The average molecular weight is 449 g/mol. The Hall–Kier alpha value is -2.04. The van der Waals surface area contributed by atoms with Crippen LogP contribution in [0.3, 0.4) is 0 Å². The molecule has 0 heterocycles. The molecule has 2 aromatic carbocycles. The molecular formula is C24H30Cl2N2O2. The van der Waals surface area contributed by atoms with Crippen molar-refractivity contribution in [1.29, 1.82) is 0 Å². The number of benzene rings is 2. The first kappa shape index (κ1) is 24.2. The second-order valence-electron chi connectivity index (χ2n) is 7.39. The molecule has 1 N–H and O–H groups in total. The van der Waals surface area contributed by atoms with Gasteiger partial charge >= 0.3 is 0 Å². The minimum Gasteiger partial charge on any atom is -0.354 e. The van der Waals surface area contributed by atoms with Gasteiger partial charge < -0.3 is 10.2 Å². The molecule has 0 aromatic heterocycles. The Bertz CT molecular complexity index is 850. The minimum absolute atomic E-state index is 0.127. The molecule has 162 valence electrons. The van der Waals surface area contributed by atoms with E-state index in [4.69, 9.17) is 23.2 Å². The third-order valence-corrected chi connectivity index (χ3v) is 5.92. The summed E-state index contributed by atoms with van der Waals surface area (Å²) in [4.78, 5) is 27.9. The molecule has 0 spiro atoms. The quantitative estimate of drug-likeness (QED) is 0.483. The molecule has 0 saturated heterocycles. The van der Waals surface area contributed by atoms with E-state index in [9.17, 15) is 9.59 Å². The number of carbonyl (C=O) groups is 2. The van der Waals surface area contributed by atoms with Crippen molar-refractivity contribution in [1.82, 2.24) is 10.2 Å². The van der Waals surface area contributed by atoms with E-state index in [1.807, 2.05) is 38.1 Å². The van der Waals surface area contributed by atoms with Gasteiger partial charge in [0.05, 0.1) is 6.42 Å². The molecule has 6 heteroatoms. The summed E-state index contributed by atoms with van der Waals surface area (Å²) in [5.41, 5.74) is 2.64. The van der Waals surface area contributed by atoms with Crippen LogP contribution in [-0.4, -0.2) is 29.3 Å². The lowest BCUT2D eigenvalue weighted by Gasteiger charge is -2.31. The molecule has 4 nitrogen and oxygen atoms in total. The van der Waals surface area contributed by atoms with Gasteiger partial charge in [-0.3, -0.25) is 9.59 Å². The number of nitrogens with zero attached hydrogens (tertiary/aromatic N) is 1. The molecule has 0 aliphatic rings. The third-order valence-electron chi connectivity index (χ3n) is 5.21. The maximum Gasteiger partial charge on any atom is 0.242 e. The number of hydrogen-bond donors (Lipinski definition) is 1. The fraction of sp³-hybridized carbons (Fsp3) is 0.417. The minimum atomic E-state index is -0.592. The fourth-order valence-electron chi connectivity index (χ4n) is 3.35. The van der Waals surface area contributed by atoms with Crippen LogP contribution in [0.1, 0.15) is 49.8 Å². The highest BCUT2D eigenvalue weighted by Crippen LogP contribution is 2.27. The van der Waals surface area contributed by atoms with Crippen LogP contribution in [0.5, 0.6) is 0 Å². The molecule has 2 amide bonds. The van der Waals surface area contributed by atoms with Gasteiger partial charge in [0.25, 0.3) is 0 Å². The van der Waals surface area contributed by atoms with Crippen molar-refractivity contribution >= 4 is 35.0 Å². The molecule has 0 aliphatic carbocycles. The lowest BCUT2D eigenvalue weighted by atomic mass is 10.0. The van der Waals surface area contributed by atoms with Crippen molar-refractivity contribution in [2.75, 3.05) is 6.54 Å². The van der Waals surface area contributed by atoms with Crippen molar-refractivity contribution in [3.63, 3.8) is 0 Å². The highest BCUT2D eigenvalue weighted by atomic mass is 35.5. The normalized spacial score (nSPS) is 11.8. The standard InChI is InChI=1S/C24H30Cl2N2O2/c1-4-6-14-27-24(30)22(5-2)28(16-19-20(25)12-9-13-21(19)26)23(29)15-18-11-8-7-10-17(18)3/h7-13,22H,4-6,14-16H2,1-3H3,(H,27,30). The second kappa shape index (κ2) is 12.0. The number of hydrogen-bond acceptors (Lipinski definition) is 2. The van der Waals surface area contributed by atoms with Crippen LogP contribution in [0.15, 0.2) is 42.5 Å². The number of carbonyl (C=O) groups excluding carboxylic acids is 2. The van der Waals surface area contributed by atoms with E-state index < -0.39 is 6.04 Å². The van der Waals surface area contributed by atoms with Crippen LogP contribution in [0.25, 0.3) is 0 Å². The van der Waals surface area contributed by atoms with E-state index in [1.165, 1.54) is 0 Å². The number of nitrogens with one attached hydrogen (secondary N) is 1. The summed E-state index contributed by atoms with van der Waals surface area (Å²) in [6.45, 7) is 6.74. The van der Waals surface area contributed by atoms with Gasteiger partial charge in [-0.2, -0.15) is 0 Å². The Kier molecular flexibility index (Phi) is 9.67. The molecule has 2 rings (SSSR count). The van der Waals surface area contributed by atoms with Gasteiger partial charge in [-0.1, -0.05) is 73.8 Å². The topological polar surface area (TPSA) is 49.4 Å². The van der Waals surface area contributed by atoms with Gasteiger partial charge in [0.15, 0.2) is 0 Å². The maximum atomic E-state index is 13.4. The van der Waals surface area contributed by atoms with Crippen LogP contribution in [0.4, 0.5) is 0 Å². The smallest absolute Gasteiger partial charge is 0.242 e. The number of unbranched alkanes of at least 4 members (excludes halogenated alkanes) is 1. The molecule has 1 unspecified atom stereocenters. The van der Waals surface area contributed by atoms with Crippen molar-refractivity contribution < 1.29 is 9.59 Å². The maximum absolute atomic E-state index is 13.4. The zero-order valence-electron chi connectivity index (χ0n) is 17.9. The van der Waals surface area contributed by atoms with E-state index in [0.29, 0.717) is 28.6 Å². The molecule has 1 atom stereocenters. The Balaban J connectivity index is 2.33. The Labute approximate surface area is 189 Å². The summed E-state index contributed by atoms with van der Waals surface area (Å²) in [7, 11) is 0. The Morgan fingerprint density at radius 1 is 1.03 bits per heavy atom. The van der Waals surface area contributed by atoms with E-state index in [-0.39, 0.29) is 24.8 Å². The predicted molar refractivity (Wildman–Crippen MR) is 124 cm³/mol. The SMILES string of the molecule is CCCCNC(=O)C(CC)N(Cc1c(Cl)cccc1Cl)C(=O)Cc1ccccc1C. The highest BCUT2D eigenvalue weighted by molar-refractivity contribution is 6.36. The predicted octanol–water partition coefficient (Wildman–Crippen LogP) is 5.57. The van der Waals surface area contributed by atoms with Gasteiger partial charge in [0.2, 0.25) is 11.8 Å². The zero-order valence-corrected chi connectivity index (χ0v) is 19.4. The molecule has 0 fully saturated rings. The second-order valence-corrected chi connectivity index (χ2v) is 8.21. The van der Waals surface area contributed by atoms with Crippen LogP contribution < -0.4 is 5.32 Å². The molecule has 0 aliphatic heterocycles. The first-order valence-corrected chi connectivity index (χ1v) is 11.2. The Morgan fingerprint density at radius 2 is 1.70 bits per heavy atom. The lowest BCUT2D eigenvalue weighted by Crippen LogP contribution is -2.49. The van der Waals surface area contributed by atoms with Gasteiger partial charge in [-0.05, 0) is 43.0 Å². The van der Waals surface area contributed by atoms with Gasteiger partial charge in [0.1, 0.15) is 6.04 Å². The van der Waals surface area contributed by atoms with Gasteiger partial charge in [-0.15, -0.1) is 0 Å². The van der Waals surface area contributed by atoms with Crippen LogP contribution >= 0.6 is 23.2 Å². The molecular weight excluding hydrogens is 419 g/mol. The molecule has 2 aromatic rings. The van der Waals surface area contributed by atoms with Crippen LogP contribution in [0, 0.1) is 6.92 Å². The third kappa shape index (κ3) is 6.48. The lowest BCUT2D eigenvalue weighted by molar-refractivity contribution is -0.140. The summed E-state index contributed by atoms with van der Waals surface area (Å²) >= 11 is 12.7. The fourth-order valence-corrected chi connectivity index (χ4v) is 3.87. The molecule has 30 heavy (non-hydrogen) atoms. The van der Waals surface area contributed by atoms with E-state index in [2.05, 4.69) is 12.2 Å². The van der Waals surface area contributed by atoms with Gasteiger partial charge in [-0.25, -0.2) is 0 Å². The molecule has 0 saturated carbocycles. The monoisotopic (exact) mass is 448 g/mol. The van der Waals surface area contributed by atoms with Gasteiger partial charge in [0, 0.05) is 28.7 Å². The van der Waals surface area contributed by atoms with E-state index in [1.54, 1.807) is 23.1 Å². The number of amides is 2. The summed E-state index contributed by atoms with van der Waals surface area (Å²) in [5.74, 6) is -0.273. The summed E-state index contributed by atoms with van der Waals surface area (Å²) < 4.78 is 0. The molecule has 0 bridgehead atoms. The van der Waals surface area contributed by atoms with Crippen LogP contribution in [-0.2, 0) is 22.6 Å². The number of aryl methyl sites for hydroxylation is 1. The highest BCUT2D eigenvalue weighted by Gasteiger charge is 2.29. The van der Waals surface area contributed by atoms with E-state index in [0.717, 1.165) is 24.0 Å². The summed E-state index contributed by atoms with van der Waals surface area (Å²) in [6, 6.07) is 12.4. The first-order valence-electron chi connectivity index (χ1n) is 10.4. The molecule has 0 radical (unpaired) electrons.